The van der Waals surface area contributed by atoms with Crippen molar-refractivity contribution in [1.82, 2.24) is 20.6 Å². The highest BCUT2D eigenvalue weighted by Gasteiger charge is 2.18. The molecule has 0 aliphatic carbocycles. The fourth-order valence-corrected chi connectivity index (χ4v) is 3.90. The number of carbonyl (C=O) groups is 1. The molecule has 1 heterocycles. The van der Waals surface area contributed by atoms with Crippen LogP contribution >= 0.6 is 0 Å². The first-order valence-electron chi connectivity index (χ1n) is 12.1. The molecule has 194 valence electrons. The van der Waals surface area contributed by atoms with Gasteiger partial charge in [0.25, 0.3) is 6.08 Å². The summed E-state index contributed by atoms with van der Waals surface area (Å²) in [5, 5.41) is 17.3. The summed E-state index contributed by atoms with van der Waals surface area (Å²) in [6.45, 7) is 4.33. The molecule has 4 aromatic rings. The maximum absolute atomic E-state index is 13.1. The Morgan fingerprint density at radius 2 is 1.84 bits per heavy atom. The van der Waals surface area contributed by atoms with Gasteiger partial charge in [0.15, 0.2) is 0 Å². The fraction of sp³-hybridized carbons (Fsp3) is 0.172. The predicted molar refractivity (Wildman–Crippen MR) is 144 cm³/mol. The van der Waals surface area contributed by atoms with E-state index in [-0.39, 0.29) is 12.3 Å². The van der Waals surface area contributed by atoms with E-state index in [0.717, 1.165) is 23.1 Å². The highest BCUT2D eigenvalue weighted by atomic mass is 19.3. The number of ether oxygens (including phenoxy) is 1. The van der Waals surface area contributed by atoms with Gasteiger partial charge in [-0.2, -0.15) is 14.0 Å². The minimum Gasteiger partial charge on any atom is -0.491 e. The zero-order valence-electron chi connectivity index (χ0n) is 21.0. The molecule has 2 N–H and O–H groups in total. The van der Waals surface area contributed by atoms with Crippen LogP contribution < -0.4 is 10.1 Å². The maximum atomic E-state index is 13.1. The number of nitrogens with zero attached hydrogens (tertiary/aromatic N) is 3. The number of nitrogens with one attached hydrogen (secondary N) is 2. The number of allylic oxidation sites excluding steroid dienone is 2. The summed E-state index contributed by atoms with van der Waals surface area (Å²) in [4.78, 5) is 13.1. The number of amides is 1. The molecule has 0 unspecified atom stereocenters. The second-order valence-electron chi connectivity index (χ2n) is 8.60. The van der Waals surface area contributed by atoms with Crippen LogP contribution in [0.3, 0.4) is 0 Å². The van der Waals surface area contributed by atoms with Crippen LogP contribution in [0.15, 0.2) is 78.9 Å². The minimum atomic E-state index is -1.82. The normalized spacial score (nSPS) is 10.9. The molecule has 0 spiro atoms. The number of H-pyrrole nitrogens is 1. The number of anilines is 1. The number of hydrogen-bond donors (Lipinski definition) is 2. The van der Waals surface area contributed by atoms with Gasteiger partial charge in [0.1, 0.15) is 5.75 Å². The van der Waals surface area contributed by atoms with Gasteiger partial charge in [-0.1, -0.05) is 73.2 Å². The van der Waals surface area contributed by atoms with Crippen molar-refractivity contribution in [3.8, 4) is 28.3 Å². The average Bonchev–Trinajstić information content (AvgIpc) is 3.44. The average molecular weight is 516 g/mol. The molecular formula is C29H27F2N5O2. The lowest BCUT2D eigenvalue weighted by atomic mass is 9.96. The molecule has 38 heavy (non-hydrogen) atoms. The first-order chi connectivity index (χ1) is 18.4. The first kappa shape index (κ1) is 26.4. The second kappa shape index (κ2) is 12.5. The summed E-state index contributed by atoms with van der Waals surface area (Å²) in [6.07, 6.45) is 2.55. The molecular weight excluding hydrogens is 488 g/mol. The van der Waals surface area contributed by atoms with E-state index in [4.69, 9.17) is 4.74 Å². The van der Waals surface area contributed by atoms with Crippen molar-refractivity contribution in [1.29, 1.82) is 0 Å². The van der Waals surface area contributed by atoms with Gasteiger partial charge >= 0.3 is 0 Å². The smallest absolute Gasteiger partial charge is 0.270 e. The molecule has 9 heteroatoms. The van der Waals surface area contributed by atoms with Crippen LogP contribution in [-0.2, 0) is 11.2 Å². The highest BCUT2D eigenvalue weighted by molar-refractivity contribution is 5.96. The number of halogens is 2. The van der Waals surface area contributed by atoms with Crippen LogP contribution in [0.2, 0.25) is 0 Å². The molecule has 0 atom stereocenters. The molecule has 0 fully saturated rings. The lowest BCUT2D eigenvalue weighted by Crippen LogP contribution is -2.16. The van der Waals surface area contributed by atoms with Crippen molar-refractivity contribution in [2.24, 2.45) is 0 Å². The van der Waals surface area contributed by atoms with E-state index in [0.29, 0.717) is 46.6 Å². The highest BCUT2D eigenvalue weighted by Crippen LogP contribution is 2.39. The van der Waals surface area contributed by atoms with Crippen molar-refractivity contribution in [2.45, 2.75) is 26.7 Å². The SMILES string of the molecule is CCCOc1c(/C=C/C=C(F)F)cc(-c2ccccc2-c2nn[nH]n2)cc1NC(=O)Cc1ccc(C)cc1. The Morgan fingerprint density at radius 1 is 1.08 bits per heavy atom. The summed E-state index contributed by atoms with van der Waals surface area (Å²) in [7, 11) is 0. The van der Waals surface area contributed by atoms with Gasteiger partial charge < -0.3 is 10.1 Å². The van der Waals surface area contributed by atoms with Crippen LogP contribution in [0.1, 0.15) is 30.0 Å². The third-order valence-electron chi connectivity index (χ3n) is 5.65. The number of carbonyl (C=O) groups excluding carboxylic acids is 1. The predicted octanol–water partition coefficient (Wildman–Crippen LogP) is 6.61. The number of tetrazole rings is 1. The topological polar surface area (TPSA) is 92.8 Å². The van der Waals surface area contributed by atoms with Gasteiger partial charge in [-0.3, -0.25) is 4.79 Å². The van der Waals surface area contributed by atoms with E-state index in [9.17, 15) is 13.6 Å². The standard InChI is InChI=1S/C29H27F2N5O2/c1-3-15-38-28-21(7-6-10-26(30)31)17-22(23-8-4-5-9-24(23)29-33-35-36-34-29)18-25(28)32-27(37)16-20-13-11-19(2)12-14-20/h4-14,17-18H,3,15-16H2,1-2H3,(H,32,37)(H,33,34,35,36)/b7-6+. The molecule has 0 aliphatic heterocycles. The summed E-state index contributed by atoms with van der Waals surface area (Å²) in [5.41, 5.74) is 5.13. The summed E-state index contributed by atoms with van der Waals surface area (Å²) in [6, 6.07) is 18.8. The lowest BCUT2D eigenvalue weighted by molar-refractivity contribution is -0.115. The van der Waals surface area contributed by atoms with Crippen molar-refractivity contribution in [3.05, 3.63) is 95.6 Å². The summed E-state index contributed by atoms with van der Waals surface area (Å²) in [5.74, 6) is 0.564. The van der Waals surface area contributed by atoms with Crippen LogP contribution in [0.5, 0.6) is 5.75 Å². The molecule has 7 nitrogen and oxygen atoms in total. The van der Waals surface area contributed by atoms with Gasteiger partial charge in [0.2, 0.25) is 11.7 Å². The number of benzene rings is 3. The molecule has 0 saturated carbocycles. The molecule has 0 aliphatic rings. The molecule has 4 rings (SSSR count). The van der Waals surface area contributed by atoms with Gasteiger partial charge in [0, 0.05) is 17.2 Å². The Kier molecular flexibility index (Phi) is 8.71. The van der Waals surface area contributed by atoms with Crippen LogP contribution in [-0.4, -0.2) is 33.1 Å². The van der Waals surface area contributed by atoms with Crippen LogP contribution in [0, 0.1) is 6.92 Å². The lowest BCUT2D eigenvalue weighted by Gasteiger charge is -2.18. The minimum absolute atomic E-state index is 0.165. The Morgan fingerprint density at radius 3 is 2.53 bits per heavy atom. The van der Waals surface area contributed by atoms with Gasteiger partial charge in [-0.25, -0.2) is 0 Å². The van der Waals surface area contributed by atoms with E-state index >= 15 is 0 Å². The van der Waals surface area contributed by atoms with Gasteiger partial charge in [-0.15, -0.1) is 10.2 Å². The monoisotopic (exact) mass is 515 g/mol. The van der Waals surface area contributed by atoms with E-state index in [1.54, 1.807) is 6.07 Å². The third kappa shape index (κ3) is 6.76. The van der Waals surface area contributed by atoms with Crippen LogP contribution in [0.25, 0.3) is 28.6 Å². The van der Waals surface area contributed by atoms with Gasteiger partial charge in [0.05, 0.1) is 18.7 Å². The summed E-state index contributed by atoms with van der Waals surface area (Å²) < 4.78 is 31.6. The molecule has 0 bridgehead atoms. The zero-order chi connectivity index (χ0) is 26.9. The number of aryl methyl sites for hydroxylation is 1. The Bertz CT molecular complexity index is 1440. The third-order valence-corrected chi connectivity index (χ3v) is 5.65. The second-order valence-corrected chi connectivity index (χ2v) is 8.60. The van der Waals surface area contributed by atoms with E-state index in [2.05, 4.69) is 25.9 Å². The first-order valence-corrected chi connectivity index (χ1v) is 12.1. The largest absolute Gasteiger partial charge is 0.491 e. The van der Waals surface area contributed by atoms with Crippen molar-refractivity contribution in [3.63, 3.8) is 0 Å². The Labute approximate surface area is 219 Å². The van der Waals surface area contributed by atoms with E-state index in [1.165, 1.54) is 12.2 Å². The Hall–Kier alpha value is -4.66. The molecule has 3 aromatic carbocycles. The molecule has 1 amide bonds. The number of aromatic amines is 1. The van der Waals surface area contributed by atoms with Crippen molar-refractivity contribution < 1.29 is 18.3 Å². The fourth-order valence-electron chi connectivity index (χ4n) is 3.90. The molecule has 0 saturated heterocycles. The van der Waals surface area contributed by atoms with Crippen molar-refractivity contribution >= 4 is 17.7 Å². The quantitative estimate of drug-likeness (QED) is 0.232. The van der Waals surface area contributed by atoms with Gasteiger partial charge in [-0.05, 0) is 47.4 Å². The number of hydrogen-bond acceptors (Lipinski definition) is 5. The van der Waals surface area contributed by atoms with E-state index < -0.39 is 6.08 Å². The van der Waals surface area contributed by atoms with E-state index in [1.807, 2.05) is 68.4 Å². The zero-order valence-corrected chi connectivity index (χ0v) is 21.0. The molecule has 1 aromatic heterocycles. The number of rotatable bonds is 10. The summed E-state index contributed by atoms with van der Waals surface area (Å²) >= 11 is 0. The van der Waals surface area contributed by atoms with Crippen molar-refractivity contribution in [2.75, 3.05) is 11.9 Å². The molecule has 0 radical (unpaired) electrons. The van der Waals surface area contributed by atoms with Crippen LogP contribution in [0.4, 0.5) is 14.5 Å². The maximum Gasteiger partial charge on any atom is 0.270 e. The number of aromatic nitrogens is 4. The Balaban J connectivity index is 1.81.